The molecule has 0 fully saturated rings. The van der Waals surface area contributed by atoms with Gasteiger partial charge in [-0.3, -0.25) is 9.55 Å². The number of pyridine rings is 1. The van der Waals surface area contributed by atoms with Crippen molar-refractivity contribution < 1.29 is 9.37 Å². The molecule has 0 aliphatic rings. The first-order valence-electron chi connectivity index (χ1n) is 8.89. The predicted octanol–water partition coefficient (Wildman–Crippen LogP) is 2.56. The molecule has 0 unspecified atom stereocenters. The first-order valence-corrected chi connectivity index (χ1v) is 8.89. The van der Waals surface area contributed by atoms with Crippen LogP contribution in [0, 0.1) is 0 Å². The molecule has 0 radical (unpaired) electrons. The summed E-state index contributed by atoms with van der Waals surface area (Å²) < 4.78 is 12.7. The van der Waals surface area contributed by atoms with E-state index in [-0.39, 0.29) is 11.4 Å². The Bertz CT molecular complexity index is 1100. The van der Waals surface area contributed by atoms with Crippen LogP contribution in [0.5, 0.6) is 5.75 Å². The standard InChI is InChI=1S/C19H21N7O2/c1-19(2,8-9-20)27-13-5-3-12(4-6-13)26-15-7-10-22-11-14(15)23-18(26)16-17(21)25-28-24-16/h3-7,10-11H,8-9,20H2,1-2H3,(H2,21,25). The van der Waals surface area contributed by atoms with Crippen molar-refractivity contribution in [1.29, 1.82) is 0 Å². The topological polar surface area (TPSA) is 131 Å². The zero-order chi connectivity index (χ0) is 19.7. The highest BCUT2D eigenvalue weighted by molar-refractivity contribution is 5.83. The number of ether oxygens (including phenoxy) is 1. The fourth-order valence-electron chi connectivity index (χ4n) is 3.08. The molecule has 0 spiro atoms. The zero-order valence-electron chi connectivity index (χ0n) is 15.7. The molecule has 4 N–H and O–H groups in total. The fourth-order valence-corrected chi connectivity index (χ4v) is 3.08. The molecule has 3 heterocycles. The number of nitrogens with zero attached hydrogens (tertiary/aromatic N) is 5. The third-order valence-electron chi connectivity index (χ3n) is 4.42. The lowest BCUT2D eigenvalue weighted by molar-refractivity contribution is 0.102. The van der Waals surface area contributed by atoms with Crippen molar-refractivity contribution in [3.8, 4) is 23.0 Å². The molecule has 0 aliphatic carbocycles. The molecule has 0 amide bonds. The minimum absolute atomic E-state index is 0.174. The van der Waals surface area contributed by atoms with Crippen molar-refractivity contribution in [2.45, 2.75) is 25.9 Å². The summed E-state index contributed by atoms with van der Waals surface area (Å²) in [5.41, 5.74) is 14.0. The van der Waals surface area contributed by atoms with Crippen LogP contribution in [0.3, 0.4) is 0 Å². The number of imidazole rings is 1. The van der Waals surface area contributed by atoms with E-state index in [4.69, 9.17) is 20.8 Å². The number of nitrogens with two attached hydrogens (primary N) is 2. The zero-order valence-corrected chi connectivity index (χ0v) is 15.7. The third kappa shape index (κ3) is 3.27. The van der Waals surface area contributed by atoms with Crippen LogP contribution in [0.4, 0.5) is 5.82 Å². The summed E-state index contributed by atoms with van der Waals surface area (Å²) in [6, 6.07) is 9.60. The highest BCUT2D eigenvalue weighted by Gasteiger charge is 2.21. The van der Waals surface area contributed by atoms with Crippen LogP contribution in [-0.4, -0.2) is 37.0 Å². The van der Waals surface area contributed by atoms with Gasteiger partial charge in [-0.15, -0.1) is 0 Å². The van der Waals surface area contributed by atoms with E-state index in [0.29, 0.717) is 23.6 Å². The Hall–Kier alpha value is -3.46. The first-order chi connectivity index (χ1) is 13.5. The average molecular weight is 379 g/mol. The van der Waals surface area contributed by atoms with Gasteiger partial charge >= 0.3 is 0 Å². The van der Waals surface area contributed by atoms with Crippen LogP contribution >= 0.6 is 0 Å². The predicted molar refractivity (Wildman–Crippen MR) is 105 cm³/mol. The lowest BCUT2D eigenvalue weighted by Crippen LogP contribution is -2.31. The van der Waals surface area contributed by atoms with Crippen molar-refractivity contribution in [2.75, 3.05) is 12.3 Å². The van der Waals surface area contributed by atoms with Crippen molar-refractivity contribution >= 4 is 16.9 Å². The Balaban J connectivity index is 1.78. The Kier molecular flexibility index (Phi) is 4.44. The smallest absolute Gasteiger partial charge is 0.199 e. The van der Waals surface area contributed by atoms with E-state index in [1.54, 1.807) is 12.4 Å². The number of nitrogen functional groups attached to an aromatic ring is 1. The largest absolute Gasteiger partial charge is 0.488 e. The van der Waals surface area contributed by atoms with E-state index in [1.165, 1.54) is 0 Å². The number of benzene rings is 1. The van der Waals surface area contributed by atoms with Gasteiger partial charge in [-0.2, -0.15) is 0 Å². The Labute approximate surface area is 161 Å². The minimum atomic E-state index is -0.338. The number of aromatic nitrogens is 5. The number of hydrogen-bond acceptors (Lipinski definition) is 8. The number of fused-ring (bicyclic) bond motifs is 1. The SMILES string of the molecule is CC(C)(CCN)Oc1ccc(-n2c(-c3nonc3N)nc3cnccc32)cc1. The van der Waals surface area contributed by atoms with Crippen molar-refractivity contribution in [2.24, 2.45) is 5.73 Å². The van der Waals surface area contributed by atoms with Gasteiger partial charge in [0.15, 0.2) is 17.3 Å². The summed E-state index contributed by atoms with van der Waals surface area (Å²) in [4.78, 5) is 8.75. The Morgan fingerprint density at radius 1 is 1.14 bits per heavy atom. The number of anilines is 1. The molecule has 0 bridgehead atoms. The van der Waals surface area contributed by atoms with Crippen molar-refractivity contribution in [1.82, 2.24) is 24.8 Å². The number of rotatable bonds is 6. The molecule has 144 valence electrons. The summed E-state index contributed by atoms with van der Waals surface area (Å²) in [5.74, 6) is 1.46. The van der Waals surface area contributed by atoms with Crippen LogP contribution < -0.4 is 16.2 Å². The maximum Gasteiger partial charge on any atom is 0.199 e. The lowest BCUT2D eigenvalue weighted by atomic mass is 10.1. The lowest BCUT2D eigenvalue weighted by Gasteiger charge is -2.26. The molecular formula is C19H21N7O2. The summed E-state index contributed by atoms with van der Waals surface area (Å²) in [6.07, 6.45) is 4.16. The van der Waals surface area contributed by atoms with Crippen molar-refractivity contribution in [3.63, 3.8) is 0 Å². The van der Waals surface area contributed by atoms with Crippen LogP contribution in [0.2, 0.25) is 0 Å². The molecule has 0 aliphatic heterocycles. The summed E-state index contributed by atoms with van der Waals surface area (Å²) in [7, 11) is 0. The van der Waals surface area contributed by atoms with Gasteiger partial charge in [0.25, 0.3) is 0 Å². The van der Waals surface area contributed by atoms with Gasteiger partial charge in [-0.1, -0.05) is 0 Å². The van der Waals surface area contributed by atoms with E-state index in [2.05, 4.69) is 20.3 Å². The maximum absolute atomic E-state index is 6.05. The second-order valence-corrected chi connectivity index (χ2v) is 7.03. The second kappa shape index (κ2) is 6.93. The van der Waals surface area contributed by atoms with Gasteiger partial charge in [0, 0.05) is 11.9 Å². The molecule has 0 saturated heterocycles. The molecule has 0 atom stereocenters. The molecule has 3 aromatic heterocycles. The maximum atomic E-state index is 6.05. The molecule has 9 nitrogen and oxygen atoms in total. The summed E-state index contributed by atoms with van der Waals surface area (Å²) in [6.45, 7) is 4.60. The van der Waals surface area contributed by atoms with Gasteiger partial charge in [-0.25, -0.2) is 9.61 Å². The Morgan fingerprint density at radius 2 is 1.93 bits per heavy atom. The van der Waals surface area contributed by atoms with E-state index in [9.17, 15) is 0 Å². The highest BCUT2D eigenvalue weighted by atomic mass is 16.6. The van der Waals surface area contributed by atoms with Gasteiger partial charge in [0.2, 0.25) is 0 Å². The van der Waals surface area contributed by atoms with Gasteiger partial charge in [-0.05, 0) is 67.5 Å². The molecule has 1 aromatic carbocycles. The summed E-state index contributed by atoms with van der Waals surface area (Å²) in [5, 5.41) is 7.56. The highest BCUT2D eigenvalue weighted by Crippen LogP contribution is 2.30. The van der Waals surface area contributed by atoms with Gasteiger partial charge in [0.05, 0.1) is 11.7 Å². The van der Waals surface area contributed by atoms with Crippen LogP contribution in [-0.2, 0) is 0 Å². The molecule has 9 heteroatoms. The Morgan fingerprint density at radius 3 is 2.61 bits per heavy atom. The van der Waals surface area contributed by atoms with Crippen molar-refractivity contribution in [3.05, 3.63) is 42.7 Å². The molecule has 4 rings (SSSR count). The quantitative estimate of drug-likeness (QED) is 0.522. The molecular weight excluding hydrogens is 358 g/mol. The minimum Gasteiger partial charge on any atom is -0.488 e. The molecule has 28 heavy (non-hydrogen) atoms. The molecule has 4 aromatic rings. The second-order valence-electron chi connectivity index (χ2n) is 7.03. The number of hydrogen-bond donors (Lipinski definition) is 2. The van der Waals surface area contributed by atoms with Gasteiger partial charge in [0.1, 0.15) is 16.9 Å². The van der Waals surface area contributed by atoms with Gasteiger partial charge < -0.3 is 16.2 Å². The average Bonchev–Trinajstić information content (AvgIpc) is 3.25. The van der Waals surface area contributed by atoms with Crippen LogP contribution in [0.1, 0.15) is 20.3 Å². The first kappa shape index (κ1) is 17.9. The van der Waals surface area contributed by atoms with E-state index < -0.39 is 0 Å². The fraction of sp³-hybridized carbons (Fsp3) is 0.263. The normalized spacial score (nSPS) is 11.8. The van der Waals surface area contributed by atoms with E-state index >= 15 is 0 Å². The van der Waals surface area contributed by atoms with E-state index in [0.717, 1.165) is 23.4 Å². The monoisotopic (exact) mass is 379 g/mol. The molecule has 0 saturated carbocycles. The third-order valence-corrected chi connectivity index (χ3v) is 4.42. The summed E-state index contributed by atoms with van der Waals surface area (Å²) >= 11 is 0. The van der Waals surface area contributed by atoms with Crippen LogP contribution in [0.15, 0.2) is 47.4 Å². The van der Waals surface area contributed by atoms with Crippen LogP contribution in [0.25, 0.3) is 28.2 Å². The van der Waals surface area contributed by atoms with E-state index in [1.807, 2.05) is 48.7 Å².